The van der Waals surface area contributed by atoms with Gasteiger partial charge >= 0.3 is 5.97 Å². The van der Waals surface area contributed by atoms with Crippen molar-refractivity contribution < 1.29 is 18.5 Å². The van der Waals surface area contributed by atoms with Gasteiger partial charge in [-0.25, -0.2) is 9.00 Å². The molecule has 1 aromatic heterocycles. The van der Waals surface area contributed by atoms with Gasteiger partial charge in [0, 0.05) is 23.7 Å². The van der Waals surface area contributed by atoms with E-state index in [1.165, 1.54) is 10.8 Å². The molecule has 0 aliphatic carbocycles. The fourth-order valence-corrected chi connectivity index (χ4v) is 3.21. The molecule has 28 heavy (non-hydrogen) atoms. The van der Waals surface area contributed by atoms with Gasteiger partial charge in [-0.1, -0.05) is 18.2 Å². The molecule has 1 atom stereocenters. The van der Waals surface area contributed by atoms with Crippen LogP contribution in [0.1, 0.15) is 69.5 Å². The molecule has 0 N–H and O–H groups in total. The highest BCUT2D eigenvalue weighted by molar-refractivity contribution is 7.85. The summed E-state index contributed by atoms with van der Waals surface area (Å²) in [6.45, 7) is 10.9. The third-order valence-electron chi connectivity index (χ3n) is 4.01. The number of para-hydroxylation sites is 1. The third-order valence-corrected chi connectivity index (χ3v) is 5.53. The summed E-state index contributed by atoms with van der Waals surface area (Å²) in [6.07, 6.45) is 1.90. The lowest BCUT2D eigenvalue weighted by Crippen LogP contribution is -2.20. The number of benzene rings is 1. The standard InChI is InChI=1S/C21H28N2O4S/c1-14(2)27-20(25)17-13-23(18-10-8-7-9-16(17)18)19(24)12-11-15(3)22-28(26)21(4,5)6/h7-10,13-14H,11-12H2,1-6H3/b22-15+. The van der Waals surface area contributed by atoms with Crippen molar-refractivity contribution in [3.8, 4) is 0 Å². The zero-order valence-corrected chi connectivity index (χ0v) is 18.1. The predicted molar refractivity (Wildman–Crippen MR) is 113 cm³/mol. The Morgan fingerprint density at radius 1 is 1.18 bits per heavy atom. The zero-order valence-electron chi connectivity index (χ0n) is 17.3. The minimum absolute atomic E-state index is 0.157. The van der Waals surface area contributed by atoms with Gasteiger partial charge in [-0.2, -0.15) is 4.40 Å². The first-order valence-electron chi connectivity index (χ1n) is 9.31. The number of rotatable bonds is 6. The van der Waals surface area contributed by atoms with Crippen LogP contribution in [0.3, 0.4) is 0 Å². The van der Waals surface area contributed by atoms with E-state index in [4.69, 9.17) is 4.74 Å². The van der Waals surface area contributed by atoms with Crippen molar-refractivity contribution in [3.05, 3.63) is 36.0 Å². The molecule has 152 valence electrons. The van der Waals surface area contributed by atoms with Crippen LogP contribution in [0, 0.1) is 0 Å². The second kappa shape index (κ2) is 8.82. The molecule has 1 heterocycles. The minimum atomic E-state index is -1.35. The summed E-state index contributed by atoms with van der Waals surface area (Å²) >= 11 is 0. The van der Waals surface area contributed by atoms with E-state index in [9.17, 15) is 13.8 Å². The largest absolute Gasteiger partial charge is 0.459 e. The Balaban J connectivity index is 2.23. The summed E-state index contributed by atoms with van der Waals surface area (Å²) in [4.78, 5) is 25.2. The Labute approximate surface area is 168 Å². The minimum Gasteiger partial charge on any atom is -0.459 e. The maximum Gasteiger partial charge on any atom is 0.340 e. The van der Waals surface area contributed by atoms with Gasteiger partial charge in [0.2, 0.25) is 5.91 Å². The molecule has 0 aliphatic heterocycles. The normalized spacial score (nSPS) is 13.8. The summed E-state index contributed by atoms with van der Waals surface area (Å²) in [5.41, 5.74) is 1.70. The van der Waals surface area contributed by atoms with Gasteiger partial charge in [-0.3, -0.25) is 9.36 Å². The molecule has 0 bridgehead atoms. The van der Waals surface area contributed by atoms with E-state index in [2.05, 4.69) is 4.40 Å². The summed E-state index contributed by atoms with van der Waals surface area (Å²) in [5, 5.41) is 0.681. The second-order valence-corrected chi connectivity index (χ2v) is 9.87. The molecule has 0 aliphatic rings. The molecule has 1 aromatic carbocycles. The highest BCUT2D eigenvalue weighted by Crippen LogP contribution is 2.23. The quantitative estimate of drug-likeness (QED) is 0.523. The van der Waals surface area contributed by atoms with Crippen molar-refractivity contribution >= 4 is 39.5 Å². The van der Waals surface area contributed by atoms with E-state index in [1.807, 2.05) is 32.9 Å². The third kappa shape index (κ3) is 5.38. The van der Waals surface area contributed by atoms with Gasteiger partial charge in [0.15, 0.2) is 0 Å². The van der Waals surface area contributed by atoms with Crippen molar-refractivity contribution in [3.63, 3.8) is 0 Å². The van der Waals surface area contributed by atoms with E-state index >= 15 is 0 Å². The van der Waals surface area contributed by atoms with Gasteiger partial charge < -0.3 is 4.74 Å². The van der Waals surface area contributed by atoms with Crippen molar-refractivity contribution in [1.82, 2.24) is 4.57 Å². The summed E-state index contributed by atoms with van der Waals surface area (Å²) < 4.78 is 22.7. The van der Waals surface area contributed by atoms with E-state index in [1.54, 1.807) is 32.9 Å². The van der Waals surface area contributed by atoms with Crippen molar-refractivity contribution in [2.45, 2.75) is 65.2 Å². The predicted octanol–water partition coefficient (Wildman–Crippen LogP) is 4.55. The number of carbonyl (C=O) groups is 2. The number of nitrogens with zero attached hydrogens (tertiary/aromatic N) is 2. The number of esters is 1. The Morgan fingerprint density at radius 3 is 2.43 bits per heavy atom. The van der Waals surface area contributed by atoms with Crippen LogP contribution < -0.4 is 0 Å². The van der Waals surface area contributed by atoms with E-state index in [-0.39, 0.29) is 18.4 Å². The maximum atomic E-state index is 12.8. The molecule has 0 radical (unpaired) electrons. The van der Waals surface area contributed by atoms with Gasteiger partial charge in [-0.15, -0.1) is 0 Å². The lowest BCUT2D eigenvalue weighted by molar-refractivity contribution is 0.0380. The van der Waals surface area contributed by atoms with Crippen LogP contribution >= 0.6 is 0 Å². The lowest BCUT2D eigenvalue weighted by Gasteiger charge is -2.14. The number of fused-ring (bicyclic) bond motifs is 1. The average molecular weight is 405 g/mol. The molecule has 7 heteroatoms. The van der Waals surface area contributed by atoms with Crippen LogP contribution in [0.5, 0.6) is 0 Å². The van der Waals surface area contributed by atoms with Crippen LogP contribution in [-0.4, -0.2) is 37.2 Å². The molecule has 0 saturated carbocycles. The summed E-state index contributed by atoms with van der Waals surface area (Å²) in [6, 6.07) is 7.25. The van der Waals surface area contributed by atoms with Crippen molar-refractivity contribution in [1.29, 1.82) is 0 Å². The van der Waals surface area contributed by atoms with E-state index in [0.29, 0.717) is 28.6 Å². The number of hydrogen-bond acceptors (Lipinski definition) is 4. The van der Waals surface area contributed by atoms with Crippen LogP contribution in [0.25, 0.3) is 10.9 Å². The zero-order chi connectivity index (χ0) is 21.1. The average Bonchev–Trinajstić information content (AvgIpc) is 2.98. The Kier molecular flexibility index (Phi) is 6.93. The second-order valence-electron chi connectivity index (χ2n) is 7.97. The summed E-state index contributed by atoms with van der Waals surface area (Å²) in [5.74, 6) is -0.605. The molecule has 0 fully saturated rings. The monoisotopic (exact) mass is 404 g/mol. The van der Waals surface area contributed by atoms with E-state index in [0.717, 1.165) is 0 Å². The number of ether oxygens (including phenoxy) is 1. The van der Waals surface area contributed by atoms with Crippen molar-refractivity contribution in [2.75, 3.05) is 0 Å². The molecule has 0 amide bonds. The Morgan fingerprint density at radius 2 is 1.82 bits per heavy atom. The molecule has 2 aromatic rings. The van der Waals surface area contributed by atoms with Gasteiger partial charge in [0.25, 0.3) is 0 Å². The fraction of sp³-hybridized carbons (Fsp3) is 0.476. The topological polar surface area (TPSA) is 77.7 Å². The molecule has 0 spiro atoms. The van der Waals surface area contributed by atoms with Gasteiger partial charge in [0.1, 0.15) is 11.0 Å². The smallest absolute Gasteiger partial charge is 0.340 e. The SMILES string of the molecule is C/C(CCC(=O)n1cc(C(=O)OC(C)C)c2ccccc21)=N\S(=O)C(C)(C)C. The maximum absolute atomic E-state index is 12.8. The fourth-order valence-electron chi connectivity index (χ4n) is 2.56. The van der Waals surface area contributed by atoms with Crippen LogP contribution in [0.2, 0.25) is 0 Å². The number of hydrogen-bond donors (Lipinski definition) is 0. The first kappa shape index (κ1) is 22.0. The Bertz CT molecular complexity index is 936. The van der Waals surface area contributed by atoms with Gasteiger partial charge in [-0.05, 0) is 54.0 Å². The molecular formula is C21H28N2O4S. The molecule has 0 saturated heterocycles. The number of carbonyl (C=O) groups excluding carboxylic acids is 2. The highest BCUT2D eigenvalue weighted by atomic mass is 32.2. The Hall–Kier alpha value is -2.28. The lowest BCUT2D eigenvalue weighted by atomic mass is 10.2. The van der Waals surface area contributed by atoms with Crippen molar-refractivity contribution in [2.24, 2.45) is 4.40 Å². The first-order valence-corrected chi connectivity index (χ1v) is 10.4. The highest BCUT2D eigenvalue weighted by Gasteiger charge is 2.21. The summed E-state index contributed by atoms with van der Waals surface area (Å²) in [7, 11) is -1.35. The van der Waals surface area contributed by atoms with Gasteiger partial charge in [0.05, 0.1) is 21.9 Å². The first-order chi connectivity index (χ1) is 13.0. The molecular weight excluding hydrogens is 376 g/mol. The van der Waals surface area contributed by atoms with Crippen LogP contribution in [0.15, 0.2) is 34.9 Å². The molecule has 2 rings (SSSR count). The van der Waals surface area contributed by atoms with Crippen LogP contribution in [0.4, 0.5) is 0 Å². The molecule has 6 nitrogen and oxygen atoms in total. The van der Waals surface area contributed by atoms with E-state index < -0.39 is 21.7 Å². The van der Waals surface area contributed by atoms with Crippen LogP contribution in [-0.2, 0) is 15.7 Å². The molecule has 1 unspecified atom stereocenters. The number of aromatic nitrogens is 1.